The van der Waals surface area contributed by atoms with E-state index in [0.717, 1.165) is 25.7 Å². The number of hydrogen-bond donors (Lipinski definition) is 0. The molecule has 3 nitrogen and oxygen atoms in total. The van der Waals surface area contributed by atoms with Crippen LogP contribution >= 0.6 is 0 Å². The zero-order chi connectivity index (χ0) is 16.5. The third-order valence-corrected chi connectivity index (χ3v) is 6.51. The molecule has 2 fully saturated rings. The van der Waals surface area contributed by atoms with E-state index in [9.17, 15) is 4.79 Å². The van der Waals surface area contributed by atoms with Gasteiger partial charge in [-0.3, -0.25) is 4.79 Å². The number of hydrogen-bond acceptors (Lipinski definition) is 3. The highest BCUT2D eigenvalue weighted by atomic mass is 16.5. The number of nitrogens with zero attached hydrogens (tertiary/aromatic N) is 1. The molecule has 2 heterocycles. The summed E-state index contributed by atoms with van der Waals surface area (Å²) in [5.74, 6) is 0.366. The predicted molar refractivity (Wildman–Crippen MR) is 95.0 cm³/mol. The van der Waals surface area contributed by atoms with Gasteiger partial charge in [0.25, 0.3) is 0 Å². The molecule has 1 aromatic carbocycles. The summed E-state index contributed by atoms with van der Waals surface area (Å²) in [6, 6.07) is 9.92. The van der Waals surface area contributed by atoms with Gasteiger partial charge in [-0.15, -0.1) is 0 Å². The highest BCUT2D eigenvalue weighted by Crippen LogP contribution is 2.37. The molecule has 0 aromatic heterocycles. The number of rotatable bonds is 3. The zero-order valence-electron chi connectivity index (χ0n) is 14.7. The van der Waals surface area contributed by atoms with E-state index in [2.05, 4.69) is 36.2 Å². The van der Waals surface area contributed by atoms with Crippen LogP contribution in [0.4, 0.5) is 0 Å². The summed E-state index contributed by atoms with van der Waals surface area (Å²) in [5, 5.41) is 0. The number of ether oxygens (including phenoxy) is 1. The topological polar surface area (TPSA) is 29.5 Å². The molecule has 130 valence electrons. The van der Waals surface area contributed by atoms with E-state index in [0.29, 0.717) is 24.4 Å². The number of carbonyl (C=O) groups excluding carboxylic acids is 1. The van der Waals surface area contributed by atoms with Crippen LogP contribution in [0.5, 0.6) is 0 Å². The Morgan fingerprint density at radius 2 is 1.88 bits per heavy atom. The Balaban J connectivity index is 1.38. The fourth-order valence-electron chi connectivity index (χ4n) is 5.13. The molecule has 3 heteroatoms. The highest BCUT2D eigenvalue weighted by molar-refractivity contribution is 5.71. The van der Waals surface area contributed by atoms with Crippen LogP contribution < -0.4 is 0 Å². The molecule has 3 aliphatic rings. The Bertz CT molecular complexity index is 585. The molecule has 3 atom stereocenters. The van der Waals surface area contributed by atoms with Gasteiger partial charge in [-0.2, -0.15) is 0 Å². The van der Waals surface area contributed by atoms with Crippen LogP contribution in [0.15, 0.2) is 24.3 Å². The van der Waals surface area contributed by atoms with E-state index in [1.165, 1.54) is 36.8 Å². The number of esters is 1. The molecule has 0 N–H and O–H groups in total. The van der Waals surface area contributed by atoms with E-state index in [-0.39, 0.29) is 12.1 Å². The summed E-state index contributed by atoms with van der Waals surface area (Å²) in [6.07, 6.45) is 10.0. The lowest BCUT2D eigenvalue weighted by Gasteiger charge is -2.36. The Morgan fingerprint density at radius 3 is 2.67 bits per heavy atom. The molecule has 0 radical (unpaired) electrons. The lowest BCUT2D eigenvalue weighted by molar-refractivity contribution is -0.152. The first-order valence-corrected chi connectivity index (χ1v) is 9.70. The lowest BCUT2D eigenvalue weighted by atomic mass is 9.90. The van der Waals surface area contributed by atoms with Crippen molar-refractivity contribution < 1.29 is 9.53 Å². The van der Waals surface area contributed by atoms with Gasteiger partial charge in [-0.05, 0) is 69.0 Å². The van der Waals surface area contributed by atoms with Gasteiger partial charge < -0.3 is 9.64 Å². The number of carbonyl (C=O) groups is 1. The van der Waals surface area contributed by atoms with Crippen molar-refractivity contribution >= 4 is 5.97 Å². The SMILES string of the molecule is CN1C2CCC1CC(OC(=O)CC1CCCCc3ccccc31)C2. The molecule has 0 saturated carbocycles. The van der Waals surface area contributed by atoms with Crippen LogP contribution in [0.25, 0.3) is 0 Å². The van der Waals surface area contributed by atoms with Gasteiger partial charge in [-0.25, -0.2) is 0 Å². The molecule has 1 aromatic rings. The van der Waals surface area contributed by atoms with Gasteiger partial charge in [0.2, 0.25) is 0 Å². The van der Waals surface area contributed by atoms with Crippen molar-refractivity contribution in [3.8, 4) is 0 Å². The minimum Gasteiger partial charge on any atom is -0.462 e. The molecular weight excluding hydrogens is 298 g/mol. The highest BCUT2D eigenvalue weighted by Gasteiger charge is 2.40. The van der Waals surface area contributed by atoms with Gasteiger partial charge in [0, 0.05) is 12.1 Å². The van der Waals surface area contributed by atoms with Gasteiger partial charge >= 0.3 is 5.97 Å². The smallest absolute Gasteiger partial charge is 0.306 e. The predicted octanol–water partition coefficient (Wildman–Crippen LogP) is 4.06. The maximum absolute atomic E-state index is 12.6. The van der Waals surface area contributed by atoms with Crippen molar-refractivity contribution in [2.75, 3.05) is 7.05 Å². The average Bonchev–Trinajstić information content (AvgIpc) is 2.77. The second-order valence-corrected chi connectivity index (χ2v) is 7.98. The van der Waals surface area contributed by atoms with Crippen molar-refractivity contribution in [1.82, 2.24) is 4.90 Å². The van der Waals surface area contributed by atoms with Crippen LogP contribution in [0.2, 0.25) is 0 Å². The van der Waals surface area contributed by atoms with Crippen LogP contribution in [-0.2, 0) is 16.0 Å². The summed E-state index contributed by atoms with van der Waals surface area (Å²) in [4.78, 5) is 15.1. The molecule has 0 spiro atoms. The molecular formula is C21H29NO2. The van der Waals surface area contributed by atoms with Crippen molar-refractivity contribution in [3.63, 3.8) is 0 Å². The van der Waals surface area contributed by atoms with E-state index in [4.69, 9.17) is 4.74 Å². The number of fused-ring (bicyclic) bond motifs is 3. The maximum Gasteiger partial charge on any atom is 0.306 e. The molecule has 2 aliphatic heterocycles. The first-order chi connectivity index (χ1) is 11.7. The summed E-state index contributed by atoms with van der Waals surface area (Å²) >= 11 is 0. The van der Waals surface area contributed by atoms with Gasteiger partial charge in [-0.1, -0.05) is 30.7 Å². The number of aryl methyl sites for hydroxylation is 1. The van der Waals surface area contributed by atoms with E-state index < -0.39 is 0 Å². The zero-order valence-corrected chi connectivity index (χ0v) is 14.7. The van der Waals surface area contributed by atoms with Crippen molar-refractivity contribution in [2.24, 2.45) is 0 Å². The largest absolute Gasteiger partial charge is 0.462 e. The first-order valence-electron chi connectivity index (χ1n) is 9.70. The lowest BCUT2D eigenvalue weighted by Crippen LogP contribution is -2.43. The summed E-state index contributed by atoms with van der Waals surface area (Å²) in [6.45, 7) is 0. The third kappa shape index (κ3) is 3.23. The summed E-state index contributed by atoms with van der Waals surface area (Å²) < 4.78 is 5.91. The quantitative estimate of drug-likeness (QED) is 0.619. The fraction of sp³-hybridized carbons (Fsp3) is 0.667. The van der Waals surface area contributed by atoms with Crippen molar-refractivity contribution in [3.05, 3.63) is 35.4 Å². The Labute approximate surface area is 145 Å². The van der Waals surface area contributed by atoms with Crippen molar-refractivity contribution in [2.45, 2.75) is 81.9 Å². The monoisotopic (exact) mass is 327 g/mol. The van der Waals surface area contributed by atoms with Gasteiger partial charge in [0.1, 0.15) is 6.10 Å². The Kier molecular flexibility index (Phi) is 4.62. The van der Waals surface area contributed by atoms with E-state index in [1.807, 2.05) is 0 Å². The maximum atomic E-state index is 12.6. The summed E-state index contributed by atoms with van der Waals surface area (Å²) in [7, 11) is 2.23. The van der Waals surface area contributed by atoms with Crippen molar-refractivity contribution in [1.29, 1.82) is 0 Å². The molecule has 0 amide bonds. The minimum absolute atomic E-state index is 0.0191. The summed E-state index contributed by atoms with van der Waals surface area (Å²) in [5.41, 5.74) is 2.82. The molecule has 24 heavy (non-hydrogen) atoms. The molecule has 3 unspecified atom stereocenters. The van der Waals surface area contributed by atoms with Crippen LogP contribution in [0.3, 0.4) is 0 Å². The second-order valence-electron chi connectivity index (χ2n) is 7.98. The van der Waals surface area contributed by atoms with Crippen LogP contribution in [0, 0.1) is 0 Å². The molecule has 1 aliphatic carbocycles. The standard InChI is InChI=1S/C21H29NO2/c1-22-17-10-11-18(22)14-19(13-17)24-21(23)12-16-8-3-2-6-15-7-4-5-9-20(15)16/h4-5,7,9,16-19H,2-3,6,8,10-14H2,1H3. The third-order valence-electron chi connectivity index (χ3n) is 6.51. The molecule has 2 bridgehead atoms. The molecule has 2 saturated heterocycles. The van der Waals surface area contributed by atoms with E-state index in [1.54, 1.807) is 0 Å². The minimum atomic E-state index is 0.0191. The number of piperidine rings is 1. The Morgan fingerprint density at radius 1 is 1.12 bits per heavy atom. The second kappa shape index (κ2) is 6.87. The normalized spacial score (nSPS) is 32.9. The van der Waals surface area contributed by atoms with Gasteiger partial charge in [0.15, 0.2) is 0 Å². The van der Waals surface area contributed by atoms with Gasteiger partial charge in [0.05, 0.1) is 6.42 Å². The Hall–Kier alpha value is -1.35. The first kappa shape index (κ1) is 16.1. The number of benzene rings is 1. The average molecular weight is 327 g/mol. The van der Waals surface area contributed by atoms with E-state index >= 15 is 0 Å². The fourth-order valence-corrected chi connectivity index (χ4v) is 5.13. The van der Waals surface area contributed by atoms with Crippen LogP contribution in [0.1, 0.15) is 68.4 Å². The molecule has 4 rings (SSSR count). The van der Waals surface area contributed by atoms with Crippen LogP contribution in [-0.4, -0.2) is 36.1 Å².